The molecular formula is C19H20N2O4S. The van der Waals surface area contributed by atoms with Gasteiger partial charge in [-0.1, -0.05) is 30.3 Å². The van der Waals surface area contributed by atoms with E-state index in [-0.39, 0.29) is 6.54 Å². The van der Waals surface area contributed by atoms with Crippen LogP contribution in [-0.2, 0) is 35.6 Å². The van der Waals surface area contributed by atoms with Crippen molar-refractivity contribution in [1.82, 2.24) is 9.13 Å². The fourth-order valence-electron chi connectivity index (χ4n) is 3.03. The largest absolute Gasteiger partial charge is 0.379 e. The van der Waals surface area contributed by atoms with Crippen molar-refractivity contribution in [2.75, 3.05) is 7.11 Å². The molecule has 2 heterocycles. The Morgan fingerprint density at radius 2 is 1.88 bits per heavy atom. The molecule has 1 aromatic carbocycles. The predicted molar refractivity (Wildman–Crippen MR) is 102 cm³/mol. The van der Waals surface area contributed by atoms with Crippen LogP contribution in [0.5, 0.6) is 0 Å². The maximum absolute atomic E-state index is 12.8. The van der Waals surface area contributed by atoms with Crippen molar-refractivity contribution < 1.29 is 9.53 Å². The number of nitrogens with zero attached hydrogens (tertiary/aromatic N) is 2. The van der Waals surface area contributed by atoms with Crippen LogP contribution in [0, 0.1) is 6.92 Å². The SMILES string of the molecule is COCc1sc2c(c1C)c(=O)n(CC=O)c(=O)n2CCc1ccccc1. The maximum atomic E-state index is 12.8. The summed E-state index contributed by atoms with van der Waals surface area (Å²) in [6.45, 7) is 2.43. The first-order chi connectivity index (χ1) is 12.6. The van der Waals surface area contributed by atoms with Gasteiger partial charge >= 0.3 is 5.69 Å². The molecule has 136 valence electrons. The van der Waals surface area contributed by atoms with Gasteiger partial charge in [-0.15, -0.1) is 11.3 Å². The summed E-state index contributed by atoms with van der Waals surface area (Å²) in [5.41, 5.74) is 1.05. The van der Waals surface area contributed by atoms with Gasteiger partial charge < -0.3 is 9.53 Å². The van der Waals surface area contributed by atoms with Gasteiger partial charge in [0.25, 0.3) is 5.56 Å². The van der Waals surface area contributed by atoms with E-state index in [0.717, 1.165) is 20.6 Å². The van der Waals surface area contributed by atoms with Gasteiger partial charge in [0.05, 0.1) is 18.5 Å². The van der Waals surface area contributed by atoms with Crippen molar-refractivity contribution in [3.05, 3.63) is 67.2 Å². The Bertz CT molecular complexity index is 1050. The summed E-state index contributed by atoms with van der Waals surface area (Å²) in [6, 6.07) is 9.84. The number of benzene rings is 1. The molecule has 0 aliphatic rings. The monoisotopic (exact) mass is 372 g/mol. The van der Waals surface area contributed by atoms with Crippen molar-refractivity contribution in [2.24, 2.45) is 0 Å². The zero-order valence-electron chi connectivity index (χ0n) is 14.7. The molecule has 3 aromatic rings. The lowest BCUT2D eigenvalue weighted by Crippen LogP contribution is -2.40. The van der Waals surface area contributed by atoms with E-state index >= 15 is 0 Å². The number of hydrogen-bond donors (Lipinski definition) is 0. The Kier molecular flexibility index (Phi) is 5.49. The highest BCUT2D eigenvalue weighted by molar-refractivity contribution is 7.18. The Labute approximate surface area is 154 Å². The minimum Gasteiger partial charge on any atom is -0.379 e. The van der Waals surface area contributed by atoms with Crippen LogP contribution >= 0.6 is 11.3 Å². The Morgan fingerprint density at radius 1 is 1.15 bits per heavy atom. The molecule has 0 fully saturated rings. The highest BCUT2D eigenvalue weighted by Crippen LogP contribution is 2.28. The van der Waals surface area contributed by atoms with Gasteiger partial charge in [-0.2, -0.15) is 0 Å². The van der Waals surface area contributed by atoms with Gasteiger partial charge in [0.15, 0.2) is 0 Å². The third kappa shape index (κ3) is 3.27. The van der Waals surface area contributed by atoms with E-state index in [1.807, 2.05) is 37.3 Å². The summed E-state index contributed by atoms with van der Waals surface area (Å²) < 4.78 is 7.83. The molecule has 0 atom stereocenters. The van der Waals surface area contributed by atoms with E-state index in [1.54, 1.807) is 11.7 Å². The van der Waals surface area contributed by atoms with Crippen molar-refractivity contribution in [3.8, 4) is 0 Å². The number of methoxy groups -OCH3 is 1. The molecule has 7 heteroatoms. The number of carbonyl (C=O) groups is 1. The molecular weight excluding hydrogens is 352 g/mol. The number of thiophene rings is 1. The lowest BCUT2D eigenvalue weighted by atomic mass is 10.1. The molecule has 0 aliphatic heterocycles. The maximum Gasteiger partial charge on any atom is 0.332 e. The number of ether oxygens (including phenoxy) is 1. The lowest BCUT2D eigenvalue weighted by molar-refractivity contribution is -0.108. The van der Waals surface area contributed by atoms with Crippen molar-refractivity contribution >= 4 is 27.8 Å². The minimum absolute atomic E-state index is 0.242. The molecule has 26 heavy (non-hydrogen) atoms. The van der Waals surface area contributed by atoms with Gasteiger partial charge in [0.2, 0.25) is 0 Å². The molecule has 0 saturated carbocycles. The van der Waals surface area contributed by atoms with E-state index in [4.69, 9.17) is 4.74 Å². The third-order valence-electron chi connectivity index (χ3n) is 4.39. The molecule has 0 N–H and O–H groups in total. The summed E-state index contributed by atoms with van der Waals surface area (Å²) in [7, 11) is 1.59. The number of aryl methyl sites for hydroxylation is 3. The van der Waals surface area contributed by atoms with Crippen LogP contribution in [0.1, 0.15) is 16.0 Å². The average molecular weight is 372 g/mol. The molecule has 0 amide bonds. The van der Waals surface area contributed by atoms with Crippen LogP contribution in [0.3, 0.4) is 0 Å². The molecule has 6 nitrogen and oxygen atoms in total. The molecule has 0 bridgehead atoms. The molecule has 3 rings (SSSR count). The van der Waals surface area contributed by atoms with E-state index in [0.29, 0.717) is 36.1 Å². The van der Waals surface area contributed by atoms with E-state index < -0.39 is 11.2 Å². The third-order valence-corrected chi connectivity index (χ3v) is 5.68. The fraction of sp³-hybridized carbons (Fsp3) is 0.316. The topological polar surface area (TPSA) is 70.3 Å². The predicted octanol–water partition coefficient (Wildman–Crippen LogP) is 2.12. The zero-order chi connectivity index (χ0) is 18.7. The van der Waals surface area contributed by atoms with E-state index in [2.05, 4.69) is 0 Å². The van der Waals surface area contributed by atoms with Crippen molar-refractivity contribution in [3.63, 3.8) is 0 Å². The number of fused-ring (bicyclic) bond motifs is 1. The number of aldehydes is 1. The number of hydrogen-bond acceptors (Lipinski definition) is 5. The van der Waals surface area contributed by atoms with Crippen LogP contribution in [0.25, 0.3) is 10.2 Å². The average Bonchev–Trinajstić information content (AvgIpc) is 2.96. The van der Waals surface area contributed by atoms with E-state index in [9.17, 15) is 14.4 Å². The first kappa shape index (κ1) is 18.3. The summed E-state index contributed by atoms with van der Waals surface area (Å²) >= 11 is 1.40. The quantitative estimate of drug-likeness (QED) is 0.596. The number of aromatic nitrogens is 2. The van der Waals surface area contributed by atoms with Crippen molar-refractivity contribution in [2.45, 2.75) is 33.0 Å². The van der Waals surface area contributed by atoms with Gasteiger partial charge in [0.1, 0.15) is 11.1 Å². The molecule has 0 aliphatic carbocycles. The van der Waals surface area contributed by atoms with Crippen molar-refractivity contribution in [1.29, 1.82) is 0 Å². The minimum atomic E-state index is -0.448. The molecule has 0 spiro atoms. The van der Waals surface area contributed by atoms with Gasteiger partial charge in [-0.25, -0.2) is 4.79 Å². The van der Waals surface area contributed by atoms with E-state index in [1.165, 1.54) is 11.3 Å². The van der Waals surface area contributed by atoms with Crippen LogP contribution in [0.2, 0.25) is 0 Å². The fourth-order valence-corrected chi connectivity index (χ4v) is 4.31. The molecule has 0 saturated heterocycles. The van der Waals surface area contributed by atoms with Gasteiger partial charge in [0, 0.05) is 18.5 Å². The highest BCUT2D eigenvalue weighted by atomic mass is 32.1. The second kappa shape index (κ2) is 7.80. The lowest BCUT2D eigenvalue weighted by Gasteiger charge is -2.11. The van der Waals surface area contributed by atoms with Crippen LogP contribution in [-0.4, -0.2) is 22.5 Å². The van der Waals surface area contributed by atoms with Gasteiger partial charge in [-0.05, 0) is 24.5 Å². The first-order valence-electron chi connectivity index (χ1n) is 8.30. The Balaban J connectivity index is 2.18. The second-order valence-corrected chi connectivity index (χ2v) is 7.10. The summed E-state index contributed by atoms with van der Waals surface area (Å²) in [6.07, 6.45) is 1.24. The normalized spacial score (nSPS) is 11.2. The number of rotatable bonds is 7. The zero-order valence-corrected chi connectivity index (χ0v) is 15.5. The van der Waals surface area contributed by atoms with Crippen LogP contribution < -0.4 is 11.2 Å². The molecule has 0 radical (unpaired) electrons. The standard InChI is InChI=1S/C19H20N2O4S/c1-13-15(12-25-2)26-18-16(13)17(23)20(10-11-22)19(24)21(18)9-8-14-6-4-3-5-7-14/h3-7,11H,8-10,12H2,1-2H3. The van der Waals surface area contributed by atoms with Crippen LogP contribution in [0.4, 0.5) is 0 Å². The summed E-state index contributed by atoms with van der Waals surface area (Å²) in [4.78, 5) is 38.1. The smallest absolute Gasteiger partial charge is 0.332 e. The number of carbonyl (C=O) groups excluding carboxylic acids is 1. The second-order valence-electron chi connectivity index (χ2n) is 6.02. The Hall–Kier alpha value is -2.51. The van der Waals surface area contributed by atoms with Gasteiger partial charge in [-0.3, -0.25) is 13.9 Å². The Morgan fingerprint density at radius 3 is 2.54 bits per heavy atom. The summed E-state index contributed by atoms with van der Waals surface area (Å²) in [5, 5.41) is 0.497. The highest BCUT2D eigenvalue weighted by Gasteiger charge is 2.19. The molecule has 0 unspecified atom stereocenters. The van der Waals surface area contributed by atoms with Crippen LogP contribution in [0.15, 0.2) is 39.9 Å². The molecule has 2 aromatic heterocycles. The summed E-state index contributed by atoms with van der Waals surface area (Å²) in [5.74, 6) is 0. The first-order valence-corrected chi connectivity index (χ1v) is 9.12.